The zero-order chi connectivity index (χ0) is 11.7. The molecule has 2 saturated carbocycles. The fourth-order valence-corrected chi connectivity index (χ4v) is 4.21. The summed E-state index contributed by atoms with van der Waals surface area (Å²) in [6.45, 7) is 4.22. The van der Waals surface area contributed by atoms with Crippen LogP contribution in [0.4, 0.5) is 0 Å². The number of esters is 1. The first kappa shape index (κ1) is 10.5. The highest BCUT2D eigenvalue weighted by molar-refractivity contribution is 5.80. The Morgan fingerprint density at radius 3 is 2.81 bits per heavy atom. The summed E-state index contributed by atoms with van der Waals surface area (Å²) in [7, 11) is 0. The molecule has 3 fully saturated rings. The summed E-state index contributed by atoms with van der Waals surface area (Å²) < 4.78 is 5.39. The molecule has 2 aliphatic carbocycles. The third-order valence-electron chi connectivity index (χ3n) is 5.39. The van der Waals surface area contributed by atoms with Crippen molar-refractivity contribution in [1.82, 2.24) is 0 Å². The molecule has 6 atom stereocenters. The molecule has 2 N–H and O–H groups in total. The van der Waals surface area contributed by atoms with Crippen LogP contribution < -0.4 is 0 Å². The van der Waals surface area contributed by atoms with Gasteiger partial charge in [0.15, 0.2) is 0 Å². The molecule has 90 valence electrons. The van der Waals surface area contributed by atoms with Crippen molar-refractivity contribution < 1.29 is 19.7 Å². The van der Waals surface area contributed by atoms with Crippen molar-refractivity contribution in [1.29, 1.82) is 0 Å². The number of carbonyl (C=O) groups excluding carboxylic acids is 1. The molecule has 3 aliphatic rings. The van der Waals surface area contributed by atoms with Gasteiger partial charge >= 0.3 is 5.97 Å². The van der Waals surface area contributed by atoms with Crippen LogP contribution in [0.25, 0.3) is 0 Å². The molecule has 3 rings (SSSR count). The number of carbonyl (C=O) groups is 1. The predicted molar refractivity (Wildman–Crippen MR) is 55.4 cm³/mol. The molecule has 0 amide bonds. The molecule has 1 aliphatic heterocycles. The van der Waals surface area contributed by atoms with Crippen LogP contribution in [-0.4, -0.2) is 34.5 Å². The normalized spacial score (nSPS) is 58.9. The van der Waals surface area contributed by atoms with Gasteiger partial charge in [-0.3, -0.25) is 4.79 Å². The molecule has 0 radical (unpaired) electrons. The van der Waals surface area contributed by atoms with Crippen LogP contribution in [0.5, 0.6) is 0 Å². The van der Waals surface area contributed by atoms with Crippen molar-refractivity contribution in [3.05, 3.63) is 0 Å². The Balaban J connectivity index is 2.00. The summed E-state index contributed by atoms with van der Waals surface area (Å²) >= 11 is 0. The maximum Gasteiger partial charge on any atom is 0.312 e. The van der Waals surface area contributed by atoms with E-state index in [4.69, 9.17) is 4.74 Å². The standard InChI is InChI=1S/C12H18O4/c1-3-11(2)10-12(11)5-4-6(13)8(14)7(12)9(15)16-10/h6-8,10,13-14H,3-5H2,1-2H3/t6-,7?,8-,10?,11?,12?/m0/s1. The van der Waals surface area contributed by atoms with E-state index in [0.717, 1.165) is 12.8 Å². The quantitative estimate of drug-likeness (QED) is 0.637. The Bertz CT molecular complexity index is 355. The third kappa shape index (κ3) is 0.843. The van der Waals surface area contributed by atoms with E-state index < -0.39 is 18.1 Å². The Labute approximate surface area is 94.6 Å². The van der Waals surface area contributed by atoms with E-state index in [1.54, 1.807) is 0 Å². The average Bonchev–Trinajstić information content (AvgIpc) is 2.59. The number of aliphatic hydroxyl groups excluding tert-OH is 2. The minimum Gasteiger partial charge on any atom is -0.461 e. The molecule has 0 aromatic carbocycles. The van der Waals surface area contributed by atoms with Crippen molar-refractivity contribution in [2.75, 3.05) is 0 Å². The smallest absolute Gasteiger partial charge is 0.312 e. The Kier molecular flexibility index (Phi) is 1.84. The van der Waals surface area contributed by atoms with Gasteiger partial charge in [-0.2, -0.15) is 0 Å². The summed E-state index contributed by atoms with van der Waals surface area (Å²) in [5.74, 6) is -0.826. The van der Waals surface area contributed by atoms with Gasteiger partial charge in [0.05, 0.1) is 18.1 Å². The van der Waals surface area contributed by atoms with Gasteiger partial charge in [-0.15, -0.1) is 0 Å². The molecule has 4 nitrogen and oxygen atoms in total. The van der Waals surface area contributed by atoms with E-state index in [2.05, 4.69) is 13.8 Å². The van der Waals surface area contributed by atoms with Crippen molar-refractivity contribution in [2.45, 2.75) is 51.4 Å². The zero-order valence-electron chi connectivity index (χ0n) is 9.64. The molecule has 0 bridgehead atoms. The highest BCUT2D eigenvalue weighted by Gasteiger charge is 2.85. The van der Waals surface area contributed by atoms with Gasteiger partial charge < -0.3 is 14.9 Å². The summed E-state index contributed by atoms with van der Waals surface area (Å²) in [5.41, 5.74) is -0.190. The maximum absolute atomic E-state index is 11.7. The lowest BCUT2D eigenvalue weighted by Crippen LogP contribution is -2.47. The maximum atomic E-state index is 11.7. The second kappa shape index (κ2) is 2.79. The molecular weight excluding hydrogens is 208 g/mol. The number of aliphatic hydroxyl groups is 2. The lowest BCUT2D eigenvalue weighted by molar-refractivity contribution is -0.158. The summed E-state index contributed by atoms with van der Waals surface area (Å²) in [4.78, 5) is 11.7. The molecule has 1 saturated heterocycles. The van der Waals surface area contributed by atoms with Crippen LogP contribution >= 0.6 is 0 Å². The monoisotopic (exact) mass is 226 g/mol. The van der Waals surface area contributed by atoms with Crippen molar-refractivity contribution in [3.63, 3.8) is 0 Å². The topological polar surface area (TPSA) is 66.8 Å². The first-order valence-electron chi connectivity index (χ1n) is 6.05. The fraction of sp³-hybridized carbons (Fsp3) is 0.917. The molecule has 1 heterocycles. The Hall–Kier alpha value is -0.610. The Morgan fingerprint density at radius 1 is 1.50 bits per heavy atom. The van der Waals surface area contributed by atoms with Gasteiger partial charge in [-0.1, -0.05) is 13.8 Å². The van der Waals surface area contributed by atoms with E-state index in [-0.39, 0.29) is 22.9 Å². The second-order valence-electron chi connectivity index (χ2n) is 5.70. The molecular formula is C12H18O4. The minimum atomic E-state index is -0.945. The summed E-state index contributed by atoms with van der Waals surface area (Å²) in [5, 5.41) is 19.6. The van der Waals surface area contributed by atoms with Crippen LogP contribution in [0.1, 0.15) is 33.1 Å². The third-order valence-corrected chi connectivity index (χ3v) is 5.39. The zero-order valence-corrected chi connectivity index (χ0v) is 9.64. The molecule has 1 spiro atoms. The minimum absolute atomic E-state index is 0.00664. The van der Waals surface area contributed by atoms with Crippen LogP contribution in [0.2, 0.25) is 0 Å². The van der Waals surface area contributed by atoms with E-state index in [0.29, 0.717) is 6.42 Å². The van der Waals surface area contributed by atoms with Gasteiger partial charge in [-0.25, -0.2) is 0 Å². The van der Waals surface area contributed by atoms with Crippen molar-refractivity contribution >= 4 is 5.97 Å². The number of rotatable bonds is 1. The van der Waals surface area contributed by atoms with Gasteiger partial charge in [0.25, 0.3) is 0 Å². The van der Waals surface area contributed by atoms with Crippen LogP contribution in [0, 0.1) is 16.7 Å². The van der Waals surface area contributed by atoms with Gasteiger partial charge in [0, 0.05) is 10.8 Å². The van der Waals surface area contributed by atoms with Gasteiger partial charge in [-0.05, 0) is 19.3 Å². The molecule has 0 aromatic rings. The summed E-state index contributed by atoms with van der Waals surface area (Å²) in [6, 6.07) is 0. The number of hydrogen-bond donors (Lipinski definition) is 2. The van der Waals surface area contributed by atoms with Crippen LogP contribution in [0.3, 0.4) is 0 Å². The van der Waals surface area contributed by atoms with Gasteiger partial charge in [0.2, 0.25) is 0 Å². The van der Waals surface area contributed by atoms with E-state index in [1.807, 2.05) is 0 Å². The fourth-order valence-electron chi connectivity index (χ4n) is 4.21. The molecule has 0 aromatic heterocycles. The number of ether oxygens (including phenoxy) is 1. The lowest BCUT2D eigenvalue weighted by atomic mass is 9.69. The highest BCUT2D eigenvalue weighted by Crippen LogP contribution is 2.78. The predicted octanol–water partition coefficient (Wildman–Crippen LogP) is 0.460. The van der Waals surface area contributed by atoms with E-state index in [9.17, 15) is 15.0 Å². The van der Waals surface area contributed by atoms with E-state index in [1.165, 1.54) is 0 Å². The van der Waals surface area contributed by atoms with Crippen LogP contribution in [-0.2, 0) is 9.53 Å². The summed E-state index contributed by atoms with van der Waals surface area (Å²) in [6.07, 6.45) is 0.550. The van der Waals surface area contributed by atoms with Crippen LogP contribution in [0.15, 0.2) is 0 Å². The highest BCUT2D eigenvalue weighted by atomic mass is 16.6. The SMILES string of the molecule is CCC1(C)C2OC(=O)C3[C@@H](O)[C@@H](O)CCC321. The molecule has 4 heteroatoms. The average molecular weight is 226 g/mol. The lowest BCUT2D eigenvalue weighted by Gasteiger charge is -2.37. The largest absolute Gasteiger partial charge is 0.461 e. The first-order chi connectivity index (χ1) is 7.49. The van der Waals surface area contributed by atoms with Crippen molar-refractivity contribution in [2.24, 2.45) is 16.7 Å². The first-order valence-corrected chi connectivity index (χ1v) is 6.05. The van der Waals surface area contributed by atoms with Gasteiger partial charge in [0.1, 0.15) is 6.10 Å². The van der Waals surface area contributed by atoms with E-state index >= 15 is 0 Å². The Morgan fingerprint density at radius 2 is 2.19 bits per heavy atom. The molecule has 4 unspecified atom stereocenters. The second-order valence-corrected chi connectivity index (χ2v) is 5.70. The molecule has 16 heavy (non-hydrogen) atoms. The van der Waals surface area contributed by atoms with Crippen molar-refractivity contribution in [3.8, 4) is 0 Å². The number of hydrogen-bond acceptors (Lipinski definition) is 4.